The fourth-order valence-corrected chi connectivity index (χ4v) is 1.60. The second kappa shape index (κ2) is 3.18. The van der Waals surface area contributed by atoms with Gasteiger partial charge in [0.15, 0.2) is 0 Å². The van der Waals surface area contributed by atoms with E-state index in [0.717, 1.165) is 12.8 Å². The van der Waals surface area contributed by atoms with Gasteiger partial charge in [-0.25, -0.2) is 0 Å². The molecule has 0 aromatic rings. The lowest BCUT2D eigenvalue weighted by molar-refractivity contribution is 0.377. The topological polar surface area (TPSA) is 0 Å². The summed E-state index contributed by atoms with van der Waals surface area (Å²) in [6.07, 6.45) is 4.10. The molecule has 0 bridgehead atoms. The van der Waals surface area contributed by atoms with Crippen LogP contribution in [-0.4, -0.2) is 4.87 Å². The second-order valence-corrected chi connectivity index (χ2v) is 4.89. The Morgan fingerprint density at radius 2 is 2.36 bits per heavy atom. The highest BCUT2D eigenvalue weighted by Crippen LogP contribution is 2.35. The van der Waals surface area contributed by atoms with Crippen LogP contribution < -0.4 is 0 Å². The van der Waals surface area contributed by atoms with Gasteiger partial charge in [-0.3, -0.25) is 0 Å². The maximum atomic E-state index is 7.85. The third-order valence-corrected chi connectivity index (χ3v) is 2.62. The number of alkyl halides is 1. The van der Waals surface area contributed by atoms with Crippen LogP contribution in [-0.2, 0) is 0 Å². The van der Waals surface area contributed by atoms with Gasteiger partial charge < -0.3 is 0 Å². The number of allylic oxidation sites excluding steroid dienone is 2. The molecule has 1 aliphatic rings. The fourth-order valence-electron chi connectivity index (χ4n) is 1.42. The molecular weight excluding hydrogens is 156 g/mol. The van der Waals surface area contributed by atoms with Crippen LogP contribution in [0.4, 0.5) is 0 Å². The molecule has 0 unspecified atom stereocenters. The van der Waals surface area contributed by atoms with Gasteiger partial charge in [-0.2, -0.15) is 0 Å². The van der Waals surface area contributed by atoms with Crippen molar-refractivity contribution in [3.05, 3.63) is 11.6 Å². The summed E-state index contributed by atoms with van der Waals surface area (Å²) >= 11 is 6.21. The largest absolute Gasteiger partial charge is 0.120 e. The minimum absolute atomic E-state index is 0.105. The molecule has 0 aromatic carbocycles. The molecule has 0 fully saturated rings. The Balaban J connectivity index is 2.72. The highest BCUT2D eigenvalue weighted by molar-refractivity contribution is 6.23. The molecule has 0 aromatic heterocycles. The molecule has 1 rings (SSSR count). The highest BCUT2D eigenvalue weighted by atomic mass is 35.5. The minimum Gasteiger partial charge on any atom is -0.120 e. The maximum Gasteiger partial charge on any atom is 0.0421 e. The zero-order chi connectivity index (χ0) is 9.35. The maximum absolute atomic E-state index is 7.85. The standard InChI is InChI=1S/C10H17Cl/c1-8-4-6-9(7-5-8)10(2,3)11/h4,9H,5-7H2,1-3H3/t9-/m0/s1/i6D/t6-,9+/m1. The molecule has 0 nitrogen and oxygen atoms in total. The zero-order valence-corrected chi connectivity index (χ0v) is 8.28. The molecule has 0 saturated carbocycles. The number of hydrogen-bond acceptors (Lipinski definition) is 0. The van der Waals surface area contributed by atoms with E-state index >= 15 is 0 Å². The van der Waals surface area contributed by atoms with Gasteiger partial charge >= 0.3 is 0 Å². The van der Waals surface area contributed by atoms with Gasteiger partial charge in [-0.1, -0.05) is 11.6 Å². The van der Waals surface area contributed by atoms with E-state index in [0.29, 0.717) is 5.92 Å². The van der Waals surface area contributed by atoms with Crippen molar-refractivity contribution in [1.29, 1.82) is 0 Å². The summed E-state index contributed by atoms with van der Waals surface area (Å²) in [5.74, 6) is 0.308. The number of hydrogen-bond donors (Lipinski definition) is 0. The van der Waals surface area contributed by atoms with Crippen LogP contribution in [0.2, 0.25) is 0 Å². The van der Waals surface area contributed by atoms with Crippen molar-refractivity contribution < 1.29 is 1.37 Å². The quantitative estimate of drug-likeness (QED) is 0.419. The van der Waals surface area contributed by atoms with Crippen molar-refractivity contribution >= 4 is 11.6 Å². The summed E-state index contributed by atoms with van der Waals surface area (Å²) < 4.78 is 7.85. The predicted molar refractivity (Wildman–Crippen MR) is 51.0 cm³/mol. The summed E-state index contributed by atoms with van der Waals surface area (Å²) in [5.41, 5.74) is 1.34. The molecule has 0 amide bonds. The molecule has 1 heteroatoms. The summed E-state index contributed by atoms with van der Waals surface area (Å²) in [6.45, 7) is 6.11. The van der Waals surface area contributed by atoms with Crippen LogP contribution in [0.25, 0.3) is 0 Å². The van der Waals surface area contributed by atoms with Crippen molar-refractivity contribution in [2.24, 2.45) is 5.92 Å². The van der Waals surface area contributed by atoms with Gasteiger partial charge in [0, 0.05) is 6.24 Å². The predicted octanol–water partition coefficient (Wildman–Crippen LogP) is 3.75. The summed E-state index contributed by atoms with van der Waals surface area (Å²) in [7, 11) is 0. The molecule has 2 atom stereocenters. The average Bonchev–Trinajstić information content (AvgIpc) is 1.83. The second-order valence-electron chi connectivity index (χ2n) is 3.92. The van der Waals surface area contributed by atoms with Crippen LogP contribution in [0.15, 0.2) is 11.6 Å². The van der Waals surface area contributed by atoms with E-state index in [-0.39, 0.29) is 11.3 Å². The summed E-state index contributed by atoms with van der Waals surface area (Å²) in [6, 6.07) is 0. The summed E-state index contributed by atoms with van der Waals surface area (Å²) in [5, 5.41) is 0. The smallest absolute Gasteiger partial charge is 0.0421 e. The van der Waals surface area contributed by atoms with Crippen molar-refractivity contribution in [3.63, 3.8) is 0 Å². The van der Waals surface area contributed by atoms with Crippen molar-refractivity contribution in [2.75, 3.05) is 0 Å². The Labute approximate surface area is 76.0 Å². The molecule has 64 valence electrons. The van der Waals surface area contributed by atoms with Crippen LogP contribution in [0.5, 0.6) is 0 Å². The van der Waals surface area contributed by atoms with Crippen LogP contribution in [0.1, 0.15) is 41.4 Å². The zero-order valence-electron chi connectivity index (χ0n) is 8.52. The van der Waals surface area contributed by atoms with E-state index in [9.17, 15) is 0 Å². The van der Waals surface area contributed by atoms with E-state index in [2.05, 4.69) is 6.92 Å². The van der Waals surface area contributed by atoms with E-state index < -0.39 is 0 Å². The van der Waals surface area contributed by atoms with Gasteiger partial charge in [0.25, 0.3) is 0 Å². The molecule has 11 heavy (non-hydrogen) atoms. The Kier molecular flexibility index (Phi) is 2.22. The van der Waals surface area contributed by atoms with Gasteiger partial charge in [0.2, 0.25) is 0 Å². The molecule has 0 heterocycles. The third-order valence-electron chi connectivity index (χ3n) is 2.34. The van der Waals surface area contributed by atoms with Crippen molar-refractivity contribution in [1.82, 2.24) is 0 Å². The first kappa shape index (κ1) is 7.67. The van der Waals surface area contributed by atoms with Crippen molar-refractivity contribution in [3.8, 4) is 0 Å². The van der Waals surface area contributed by atoms with E-state index in [1.54, 1.807) is 0 Å². The monoisotopic (exact) mass is 173 g/mol. The first-order chi connectivity index (χ1) is 5.41. The Morgan fingerprint density at radius 3 is 2.82 bits per heavy atom. The van der Waals surface area contributed by atoms with Gasteiger partial charge in [0.05, 0.1) is 0 Å². The lowest BCUT2D eigenvalue weighted by Crippen LogP contribution is -2.25. The van der Waals surface area contributed by atoms with Crippen LogP contribution >= 0.6 is 11.6 Å². The van der Waals surface area contributed by atoms with Crippen LogP contribution in [0, 0.1) is 5.92 Å². The Morgan fingerprint density at radius 1 is 1.73 bits per heavy atom. The van der Waals surface area contributed by atoms with Gasteiger partial charge in [0.1, 0.15) is 0 Å². The summed E-state index contributed by atoms with van der Waals surface area (Å²) in [4.78, 5) is -0.233. The Bertz CT molecular complexity index is 191. The van der Waals surface area contributed by atoms with Crippen LogP contribution in [0.3, 0.4) is 0 Å². The van der Waals surface area contributed by atoms with Gasteiger partial charge in [-0.15, -0.1) is 11.6 Å². The third kappa shape index (κ3) is 2.52. The molecule has 0 spiro atoms. The molecule has 0 radical (unpaired) electrons. The van der Waals surface area contributed by atoms with Crippen molar-refractivity contribution in [2.45, 2.75) is 44.9 Å². The van der Waals surface area contributed by atoms with Gasteiger partial charge in [-0.05, 0) is 45.9 Å². The SMILES string of the molecule is [2H][C@@H]1C=C(C)CC[C@H]1C(C)(C)Cl. The lowest BCUT2D eigenvalue weighted by atomic mass is 9.82. The minimum atomic E-state index is -0.233. The number of halogens is 1. The first-order valence-corrected chi connectivity index (χ1v) is 4.57. The van der Waals surface area contributed by atoms with E-state index in [4.69, 9.17) is 13.0 Å². The average molecular weight is 174 g/mol. The highest BCUT2D eigenvalue weighted by Gasteiger charge is 2.27. The molecule has 1 aliphatic carbocycles. The molecule has 0 N–H and O–H groups in total. The first-order valence-electron chi connectivity index (χ1n) is 4.77. The fraction of sp³-hybridized carbons (Fsp3) is 0.800. The lowest BCUT2D eigenvalue weighted by Gasteiger charge is -2.30. The molecule has 0 aliphatic heterocycles. The number of rotatable bonds is 1. The molecule has 0 saturated heterocycles. The Hall–Kier alpha value is 0.0300. The van der Waals surface area contributed by atoms with E-state index in [1.165, 1.54) is 5.57 Å². The van der Waals surface area contributed by atoms with E-state index in [1.807, 2.05) is 19.9 Å². The normalized spacial score (nSPS) is 34.5. The molecular formula is C10H17Cl.